The lowest BCUT2D eigenvalue weighted by atomic mass is 10.1. The van der Waals surface area contributed by atoms with Crippen LogP contribution in [0.25, 0.3) is 10.6 Å². The monoisotopic (exact) mass is 407 g/mol. The van der Waals surface area contributed by atoms with Crippen molar-refractivity contribution in [2.24, 2.45) is 12.8 Å². The van der Waals surface area contributed by atoms with E-state index in [0.29, 0.717) is 34.2 Å². The molecule has 0 aromatic carbocycles. The standard InChI is InChI=1S/C15H21N5O2S.2ClH/c1-8-9(2)19-20(4)15(22)11(8)14-18-10(3)12(23-14)13(21)17-7-5-6-16;;/h5-7,16H2,1-4H3,(H,17,21);2*1H. The van der Waals surface area contributed by atoms with Crippen molar-refractivity contribution in [1.29, 1.82) is 0 Å². The zero-order valence-electron chi connectivity index (χ0n) is 14.6. The summed E-state index contributed by atoms with van der Waals surface area (Å²) >= 11 is 1.23. The van der Waals surface area contributed by atoms with Crippen LogP contribution in [0, 0.1) is 20.8 Å². The van der Waals surface area contributed by atoms with Gasteiger partial charge < -0.3 is 11.1 Å². The molecule has 0 saturated carbocycles. The van der Waals surface area contributed by atoms with Gasteiger partial charge >= 0.3 is 0 Å². The molecule has 7 nitrogen and oxygen atoms in total. The van der Waals surface area contributed by atoms with Gasteiger partial charge in [-0.3, -0.25) is 9.59 Å². The second-order valence-electron chi connectivity index (χ2n) is 5.35. The van der Waals surface area contributed by atoms with Crippen LogP contribution in [0.1, 0.15) is 33.0 Å². The predicted octanol–water partition coefficient (Wildman–Crippen LogP) is 1.75. The van der Waals surface area contributed by atoms with Crippen molar-refractivity contribution >= 4 is 42.1 Å². The Labute approximate surface area is 162 Å². The molecule has 25 heavy (non-hydrogen) atoms. The third-order valence-electron chi connectivity index (χ3n) is 3.61. The lowest BCUT2D eigenvalue weighted by Gasteiger charge is -2.07. The van der Waals surface area contributed by atoms with Gasteiger partial charge in [0.25, 0.3) is 11.5 Å². The molecule has 10 heteroatoms. The molecule has 0 fully saturated rings. The van der Waals surface area contributed by atoms with E-state index in [1.807, 2.05) is 13.8 Å². The van der Waals surface area contributed by atoms with Crippen LogP contribution in [0.3, 0.4) is 0 Å². The Hall–Kier alpha value is -1.48. The summed E-state index contributed by atoms with van der Waals surface area (Å²) in [7, 11) is 1.61. The first-order chi connectivity index (χ1) is 10.9. The SMILES string of the molecule is Cc1nc(-c2c(C)c(C)nn(C)c2=O)sc1C(=O)NCCCN.Cl.Cl. The molecule has 0 spiro atoms. The van der Waals surface area contributed by atoms with Gasteiger partial charge in [-0.2, -0.15) is 5.10 Å². The molecule has 0 aliphatic carbocycles. The number of hydrogen-bond donors (Lipinski definition) is 2. The number of thiazole rings is 1. The Bertz CT molecular complexity index is 804. The fourth-order valence-electron chi connectivity index (χ4n) is 2.20. The van der Waals surface area contributed by atoms with Gasteiger partial charge in [-0.05, 0) is 39.3 Å². The summed E-state index contributed by atoms with van der Waals surface area (Å²) in [6.07, 6.45) is 0.722. The van der Waals surface area contributed by atoms with E-state index in [-0.39, 0.29) is 36.3 Å². The number of aryl methyl sites for hydroxylation is 3. The van der Waals surface area contributed by atoms with Crippen molar-refractivity contribution in [2.45, 2.75) is 27.2 Å². The van der Waals surface area contributed by atoms with E-state index in [2.05, 4.69) is 15.4 Å². The molecule has 0 unspecified atom stereocenters. The summed E-state index contributed by atoms with van der Waals surface area (Å²) in [4.78, 5) is 29.6. The van der Waals surface area contributed by atoms with Crippen LogP contribution in [0.5, 0.6) is 0 Å². The molecular formula is C15H23Cl2N5O2S. The number of halogens is 2. The van der Waals surface area contributed by atoms with Crippen LogP contribution >= 0.6 is 36.2 Å². The second-order valence-corrected chi connectivity index (χ2v) is 6.34. The molecule has 2 heterocycles. The average molecular weight is 408 g/mol. The summed E-state index contributed by atoms with van der Waals surface area (Å²) in [5, 5.41) is 7.53. The first kappa shape index (κ1) is 23.5. The highest BCUT2D eigenvalue weighted by Gasteiger charge is 2.20. The van der Waals surface area contributed by atoms with E-state index in [1.54, 1.807) is 14.0 Å². The number of hydrogen-bond acceptors (Lipinski definition) is 6. The van der Waals surface area contributed by atoms with Crippen molar-refractivity contribution in [2.75, 3.05) is 13.1 Å². The van der Waals surface area contributed by atoms with E-state index in [0.717, 1.165) is 17.7 Å². The fourth-order valence-corrected chi connectivity index (χ4v) is 3.28. The van der Waals surface area contributed by atoms with Gasteiger partial charge in [0.15, 0.2) is 0 Å². The molecule has 0 radical (unpaired) electrons. The zero-order valence-corrected chi connectivity index (χ0v) is 17.0. The number of amides is 1. The lowest BCUT2D eigenvalue weighted by molar-refractivity contribution is 0.0956. The van der Waals surface area contributed by atoms with Crippen molar-refractivity contribution in [1.82, 2.24) is 20.1 Å². The molecule has 0 bridgehead atoms. The quantitative estimate of drug-likeness (QED) is 0.734. The molecule has 0 aliphatic rings. The van der Waals surface area contributed by atoms with E-state index >= 15 is 0 Å². The normalized spacial score (nSPS) is 9.96. The molecule has 2 aromatic rings. The average Bonchev–Trinajstić information content (AvgIpc) is 2.87. The summed E-state index contributed by atoms with van der Waals surface area (Å²) in [6.45, 7) is 6.51. The summed E-state index contributed by atoms with van der Waals surface area (Å²) in [5.41, 5.74) is 7.89. The number of rotatable bonds is 5. The third-order valence-corrected chi connectivity index (χ3v) is 4.78. The van der Waals surface area contributed by atoms with Crippen molar-refractivity contribution in [3.63, 3.8) is 0 Å². The van der Waals surface area contributed by atoms with Crippen LogP contribution in [-0.2, 0) is 7.05 Å². The van der Waals surface area contributed by atoms with Gasteiger partial charge in [0.2, 0.25) is 0 Å². The van der Waals surface area contributed by atoms with Gasteiger partial charge in [0.1, 0.15) is 9.88 Å². The first-order valence-electron chi connectivity index (χ1n) is 7.37. The number of carbonyl (C=O) groups excluding carboxylic acids is 1. The Morgan fingerprint density at radius 1 is 1.24 bits per heavy atom. The number of aromatic nitrogens is 3. The van der Waals surface area contributed by atoms with E-state index < -0.39 is 0 Å². The van der Waals surface area contributed by atoms with Crippen LogP contribution in [-0.4, -0.2) is 33.8 Å². The minimum atomic E-state index is -0.211. The Balaban J connectivity index is 0.00000288. The highest BCUT2D eigenvalue weighted by molar-refractivity contribution is 7.17. The molecular weight excluding hydrogens is 385 g/mol. The van der Waals surface area contributed by atoms with Crippen molar-refractivity contribution in [3.05, 3.63) is 32.2 Å². The molecule has 0 atom stereocenters. The van der Waals surface area contributed by atoms with Crippen LogP contribution in [0.4, 0.5) is 0 Å². The molecule has 0 aliphatic heterocycles. The highest BCUT2D eigenvalue weighted by Crippen LogP contribution is 2.28. The summed E-state index contributed by atoms with van der Waals surface area (Å²) < 4.78 is 1.30. The topological polar surface area (TPSA) is 103 Å². The van der Waals surface area contributed by atoms with Crippen molar-refractivity contribution < 1.29 is 4.79 Å². The van der Waals surface area contributed by atoms with Crippen LogP contribution < -0.4 is 16.6 Å². The molecule has 0 saturated heterocycles. The maximum Gasteiger partial charge on any atom is 0.277 e. The van der Waals surface area contributed by atoms with Gasteiger partial charge in [-0.25, -0.2) is 9.67 Å². The largest absolute Gasteiger partial charge is 0.351 e. The molecule has 2 aromatic heterocycles. The second kappa shape index (κ2) is 9.86. The predicted molar refractivity (Wildman–Crippen MR) is 105 cm³/mol. The molecule has 2 rings (SSSR count). The van der Waals surface area contributed by atoms with Gasteiger partial charge in [-0.15, -0.1) is 36.2 Å². The Morgan fingerprint density at radius 3 is 2.48 bits per heavy atom. The van der Waals surface area contributed by atoms with Crippen LogP contribution in [0.15, 0.2) is 4.79 Å². The summed E-state index contributed by atoms with van der Waals surface area (Å²) in [6, 6.07) is 0. The maximum atomic E-state index is 12.4. The number of nitrogens with zero attached hydrogens (tertiary/aromatic N) is 3. The third kappa shape index (κ3) is 5.01. The zero-order chi connectivity index (χ0) is 17.1. The lowest BCUT2D eigenvalue weighted by Crippen LogP contribution is -2.25. The minimum absolute atomic E-state index is 0. The van der Waals surface area contributed by atoms with Gasteiger partial charge in [-0.1, -0.05) is 0 Å². The highest BCUT2D eigenvalue weighted by atomic mass is 35.5. The van der Waals surface area contributed by atoms with Crippen LogP contribution in [0.2, 0.25) is 0 Å². The van der Waals surface area contributed by atoms with E-state index in [9.17, 15) is 9.59 Å². The smallest absolute Gasteiger partial charge is 0.277 e. The first-order valence-corrected chi connectivity index (χ1v) is 8.19. The fraction of sp³-hybridized carbons (Fsp3) is 0.467. The van der Waals surface area contributed by atoms with Gasteiger partial charge in [0, 0.05) is 13.6 Å². The van der Waals surface area contributed by atoms with Crippen molar-refractivity contribution in [3.8, 4) is 10.6 Å². The molecule has 1 amide bonds. The molecule has 140 valence electrons. The van der Waals surface area contributed by atoms with E-state index in [4.69, 9.17) is 5.73 Å². The van der Waals surface area contributed by atoms with E-state index in [1.165, 1.54) is 16.0 Å². The molecule has 3 N–H and O–H groups in total. The number of carbonyl (C=O) groups is 1. The number of nitrogens with two attached hydrogens (primary N) is 1. The minimum Gasteiger partial charge on any atom is -0.351 e. The maximum absolute atomic E-state index is 12.4. The Kier molecular flexibility index (Phi) is 9.28. The Morgan fingerprint density at radius 2 is 1.88 bits per heavy atom. The van der Waals surface area contributed by atoms with Gasteiger partial charge in [0.05, 0.1) is 17.0 Å². The number of nitrogens with one attached hydrogen (secondary N) is 1. The summed E-state index contributed by atoms with van der Waals surface area (Å²) in [5.74, 6) is -0.181.